The minimum atomic E-state index is -2.77. The molecule has 0 aliphatic carbocycles. The van der Waals surface area contributed by atoms with Gasteiger partial charge in [-0.1, -0.05) is 0 Å². The molecule has 4 rings (SSSR count). The van der Waals surface area contributed by atoms with Crippen LogP contribution in [-0.4, -0.2) is 66.6 Å². The largest absolute Gasteiger partial charge is 0.491 e. The number of anilines is 2. The number of ether oxygens (including phenoxy) is 3. The fraction of sp³-hybridized carbons (Fsp3) is 0.421. The molecule has 3 atom stereocenters. The number of hydrogen-bond acceptors (Lipinski definition) is 8. The van der Waals surface area contributed by atoms with Gasteiger partial charge in [-0.25, -0.2) is 23.5 Å². The normalized spacial score (nSPS) is 19.5. The van der Waals surface area contributed by atoms with Crippen molar-refractivity contribution in [2.24, 2.45) is 11.5 Å². The number of amides is 2. The van der Waals surface area contributed by atoms with E-state index in [-0.39, 0.29) is 12.4 Å². The van der Waals surface area contributed by atoms with Crippen molar-refractivity contribution < 1.29 is 32.6 Å². The predicted octanol–water partition coefficient (Wildman–Crippen LogP) is 0.730. The highest BCUT2D eigenvalue weighted by Gasteiger charge is 2.42. The number of carbonyl (C=O) groups is 2. The number of cyclic esters (lactones) is 1. The lowest BCUT2D eigenvalue weighted by molar-refractivity contribution is -0.121. The van der Waals surface area contributed by atoms with Gasteiger partial charge in [-0.05, 0) is 12.1 Å². The van der Waals surface area contributed by atoms with Crippen LogP contribution in [0.1, 0.15) is 0 Å². The fourth-order valence-corrected chi connectivity index (χ4v) is 3.59. The van der Waals surface area contributed by atoms with Gasteiger partial charge < -0.3 is 35.6 Å². The second-order valence-corrected chi connectivity index (χ2v) is 7.25. The van der Waals surface area contributed by atoms with Crippen LogP contribution in [0.5, 0.6) is 5.75 Å². The number of carbonyl (C=O) groups excluding carboxylic acids is 2. The highest BCUT2D eigenvalue weighted by atomic mass is 19.3. The van der Waals surface area contributed by atoms with Gasteiger partial charge in [-0.15, -0.1) is 0 Å². The minimum Gasteiger partial charge on any atom is -0.491 e. The number of halogens is 2. The van der Waals surface area contributed by atoms with Crippen LogP contribution in [0.25, 0.3) is 11.4 Å². The minimum absolute atomic E-state index is 0.0720. The summed E-state index contributed by atoms with van der Waals surface area (Å²) in [5, 5.41) is 2.91. The molecule has 11 nitrogen and oxygen atoms in total. The zero-order valence-electron chi connectivity index (χ0n) is 17.0. The number of nitrogens with two attached hydrogens (primary N) is 2. The number of nitrogens with one attached hydrogen (secondary N) is 1. The molecule has 1 fully saturated rings. The lowest BCUT2D eigenvalue weighted by Gasteiger charge is -2.22. The third kappa shape index (κ3) is 3.91. The van der Waals surface area contributed by atoms with E-state index in [0.717, 1.165) is 4.90 Å². The van der Waals surface area contributed by atoms with Gasteiger partial charge >= 0.3 is 6.09 Å². The Balaban J connectivity index is 1.66. The molecule has 1 aromatic heterocycles. The Labute approximate surface area is 181 Å². The van der Waals surface area contributed by atoms with Gasteiger partial charge in [0.05, 0.1) is 12.1 Å². The monoisotopic (exact) mass is 452 g/mol. The number of alkyl halides is 2. The second-order valence-electron chi connectivity index (χ2n) is 7.25. The van der Waals surface area contributed by atoms with Crippen LogP contribution in [0.15, 0.2) is 24.4 Å². The highest BCUT2D eigenvalue weighted by molar-refractivity contribution is 5.90. The van der Waals surface area contributed by atoms with Gasteiger partial charge in [0.1, 0.15) is 43.1 Å². The number of fused-ring (bicyclic) bond motifs is 3. The Morgan fingerprint density at radius 3 is 2.84 bits per heavy atom. The van der Waals surface area contributed by atoms with Crippen molar-refractivity contribution in [2.75, 3.05) is 30.5 Å². The van der Waals surface area contributed by atoms with E-state index in [0.29, 0.717) is 29.4 Å². The molecule has 172 valence electrons. The zero-order valence-corrected chi connectivity index (χ0v) is 17.0. The number of nitrogens with zero attached hydrogens (tertiary/aromatic N) is 3. The van der Waals surface area contributed by atoms with Crippen molar-refractivity contribution in [1.82, 2.24) is 9.55 Å². The molecule has 0 bridgehead atoms. The van der Waals surface area contributed by atoms with E-state index in [9.17, 15) is 18.4 Å². The van der Waals surface area contributed by atoms with Gasteiger partial charge in [0.2, 0.25) is 5.91 Å². The zero-order chi connectivity index (χ0) is 23.0. The topological polar surface area (TPSA) is 147 Å². The van der Waals surface area contributed by atoms with Crippen molar-refractivity contribution in [1.29, 1.82) is 0 Å². The van der Waals surface area contributed by atoms with Crippen LogP contribution < -0.4 is 26.4 Å². The maximum atomic E-state index is 13.3. The first-order valence-corrected chi connectivity index (χ1v) is 9.73. The number of hydrogen-bond donors (Lipinski definition) is 3. The highest BCUT2D eigenvalue weighted by Crippen LogP contribution is 2.37. The van der Waals surface area contributed by atoms with Crippen LogP contribution in [-0.2, 0) is 20.8 Å². The summed E-state index contributed by atoms with van der Waals surface area (Å²) < 4.78 is 44.0. The fourth-order valence-electron chi connectivity index (χ4n) is 3.59. The van der Waals surface area contributed by atoms with Gasteiger partial charge in [0, 0.05) is 25.1 Å². The molecule has 2 aromatic rings. The Morgan fingerprint density at radius 1 is 1.38 bits per heavy atom. The number of benzene rings is 1. The molecule has 32 heavy (non-hydrogen) atoms. The summed E-state index contributed by atoms with van der Waals surface area (Å²) in [5.74, 6) is 0.255. The molecule has 0 unspecified atom stereocenters. The van der Waals surface area contributed by atoms with E-state index >= 15 is 0 Å². The third-order valence-electron chi connectivity index (χ3n) is 5.25. The molecule has 2 aliphatic rings. The van der Waals surface area contributed by atoms with Gasteiger partial charge in [-0.3, -0.25) is 4.79 Å². The molecule has 1 saturated heterocycles. The lowest BCUT2D eigenvalue weighted by Crippen LogP contribution is -2.50. The molecule has 5 N–H and O–H groups in total. The first kappa shape index (κ1) is 21.8. The molecule has 13 heteroatoms. The summed E-state index contributed by atoms with van der Waals surface area (Å²) in [4.78, 5) is 29.0. The number of rotatable bonds is 7. The smallest absolute Gasteiger partial charge is 0.416 e. The van der Waals surface area contributed by atoms with Crippen molar-refractivity contribution in [2.45, 2.75) is 31.3 Å². The Hall–Kier alpha value is -3.45. The van der Waals surface area contributed by atoms with E-state index in [1.54, 1.807) is 22.8 Å². The van der Waals surface area contributed by atoms with Crippen molar-refractivity contribution in [3.63, 3.8) is 0 Å². The Bertz CT molecular complexity index is 1030. The van der Waals surface area contributed by atoms with Crippen molar-refractivity contribution >= 4 is 23.5 Å². The molecule has 2 amide bonds. The third-order valence-corrected chi connectivity index (χ3v) is 5.25. The molecule has 3 heterocycles. The summed E-state index contributed by atoms with van der Waals surface area (Å²) in [6, 6.07) is 2.61. The van der Waals surface area contributed by atoms with Crippen LogP contribution in [0.4, 0.5) is 25.1 Å². The molecule has 1 aromatic carbocycles. The molecule has 0 saturated carbocycles. The van der Waals surface area contributed by atoms with E-state index in [1.807, 2.05) is 0 Å². The number of methoxy groups -OCH3 is 1. The SMILES string of the molecule is CO[C@H](N)[C@H](Nc1ccc2c(c1)OCCn1cc(N3C(=O)OC[C@H]3C(F)F)nc1-2)C(N)=O. The van der Waals surface area contributed by atoms with Gasteiger partial charge in [-0.2, -0.15) is 0 Å². The summed E-state index contributed by atoms with van der Waals surface area (Å²) >= 11 is 0. The van der Waals surface area contributed by atoms with Gasteiger partial charge in [0.25, 0.3) is 6.43 Å². The van der Waals surface area contributed by atoms with E-state index in [4.69, 9.17) is 25.7 Å². The molecular formula is C19H22F2N6O5. The lowest BCUT2D eigenvalue weighted by atomic mass is 10.1. The predicted molar refractivity (Wildman–Crippen MR) is 108 cm³/mol. The average molecular weight is 452 g/mol. The van der Waals surface area contributed by atoms with Gasteiger partial charge in [0.15, 0.2) is 5.82 Å². The average Bonchev–Trinajstić information content (AvgIpc) is 3.30. The van der Waals surface area contributed by atoms with Crippen LogP contribution in [0.3, 0.4) is 0 Å². The quantitative estimate of drug-likeness (QED) is 0.521. The van der Waals surface area contributed by atoms with E-state index in [2.05, 4.69) is 10.3 Å². The summed E-state index contributed by atoms with van der Waals surface area (Å²) in [6.45, 7) is 0.233. The van der Waals surface area contributed by atoms with Crippen molar-refractivity contribution in [3.8, 4) is 17.1 Å². The maximum absolute atomic E-state index is 13.3. The maximum Gasteiger partial charge on any atom is 0.416 e. The Morgan fingerprint density at radius 2 is 2.16 bits per heavy atom. The summed E-state index contributed by atoms with van der Waals surface area (Å²) in [5.41, 5.74) is 12.2. The van der Waals surface area contributed by atoms with Crippen LogP contribution >= 0.6 is 0 Å². The standard InChI is InChI=1S/C19H22F2N6O5/c1-30-17(23)14(16(22)28)24-9-2-3-10-12(6-9)31-5-4-26-7-13(25-18(10)26)27-11(15(20)21)8-32-19(27)29/h2-3,6-7,11,14-15,17,24H,4-5,8,23H2,1H3,(H2,22,28)/t11-,14+,17-/m0/s1. The van der Waals surface area contributed by atoms with Crippen molar-refractivity contribution in [3.05, 3.63) is 24.4 Å². The number of primary amides is 1. The molecular weight excluding hydrogens is 430 g/mol. The molecule has 2 aliphatic heterocycles. The van der Waals surface area contributed by atoms with Crippen LogP contribution in [0, 0.1) is 0 Å². The first-order valence-electron chi connectivity index (χ1n) is 9.73. The number of aromatic nitrogens is 2. The first-order chi connectivity index (χ1) is 15.3. The number of imidazole rings is 1. The molecule has 0 radical (unpaired) electrons. The second kappa shape index (κ2) is 8.59. The molecule has 0 spiro atoms. The summed E-state index contributed by atoms with van der Waals surface area (Å²) in [6.07, 6.45) is -3.09. The van der Waals surface area contributed by atoms with E-state index < -0.39 is 43.3 Å². The van der Waals surface area contributed by atoms with E-state index in [1.165, 1.54) is 13.3 Å². The van der Waals surface area contributed by atoms with Crippen LogP contribution in [0.2, 0.25) is 0 Å². The summed E-state index contributed by atoms with van der Waals surface area (Å²) in [7, 11) is 1.36. The Kier molecular flexibility index (Phi) is 5.84.